The van der Waals surface area contributed by atoms with Crippen molar-refractivity contribution >= 4 is 28.2 Å². The molecule has 7 aromatic rings. The molecule has 2 aromatic heterocycles. The Labute approximate surface area is 258 Å². The zero-order valence-electron chi connectivity index (χ0n) is 22.4. The van der Waals surface area contributed by atoms with Crippen LogP contribution in [0.4, 0.5) is 17.2 Å². The summed E-state index contributed by atoms with van der Waals surface area (Å²) >= 11 is 0. The van der Waals surface area contributed by atoms with Gasteiger partial charge in [-0.2, -0.15) is 18.2 Å². The number of fused-ring (bicyclic) bond motifs is 1. The Morgan fingerprint density at radius 2 is 1.36 bits per heavy atom. The monoisotopic (exact) mass is 724 g/mol. The van der Waals surface area contributed by atoms with Gasteiger partial charge >= 0.3 is 21.1 Å². The Hall–Kier alpha value is -4.99. The molecule has 0 atom stereocenters. The summed E-state index contributed by atoms with van der Waals surface area (Å²) in [5.74, 6) is 0.907. The van der Waals surface area contributed by atoms with Crippen LogP contribution in [0.25, 0.3) is 33.7 Å². The number of anilines is 3. The molecule has 6 heteroatoms. The molecule has 0 bridgehead atoms. The van der Waals surface area contributed by atoms with Crippen molar-refractivity contribution < 1.29 is 30.7 Å². The first-order valence-corrected chi connectivity index (χ1v) is 13.4. The Morgan fingerprint density at radius 3 is 2.17 bits per heavy atom. The number of phenols is 1. The van der Waals surface area contributed by atoms with Gasteiger partial charge in [0.05, 0.1) is 22.4 Å². The van der Waals surface area contributed by atoms with Gasteiger partial charge in [-0.15, -0.1) is 6.07 Å². The maximum absolute atomic E-state index is 10.5. The summed E-state index contributed by atoms with van der Waals surface area (Å²) in [6.07, 6.45) is 3.55. The normalized spacial score (nSPS) is 10.8. The van der Waals surface area contributed by atoms with Crippen LogP contribution in [0.2, 0.25) is 0 Å². The van der Waals surface area contributed by atoms with E-state index in [0.29, 0.717) is 17.1 Å². The number of para-hydroxylation sites is 5. The first-order valence-electron chi connectivity index (χ1n) is 13.4. The number of benzene rings is 5. The Kier molecular flexibility index (Phi) is 7.68. The average molecular weight is 725 g/mol. The number of hydrogen-bond donors (Lipinski definition) is 1. The largest absolute Gasteiger partial charge is 2.00 e. The predicted molar refractivity (Wildman–Crippen MR) is 162 cm³/mol. The van der Waals surface area contributed by atoms with E-state index in [0.717, 1.165) is 33.8 Å². The molecule has 0 unspecified atom stereocenters. The molecule has 7 rings (SSSR count). The van der Waals surface area contributed by atoms with Crippen molar-refractivity contribution in [1.29, 1.82) is 0 Å². The molecule has 5 nitrogen and oxygen atoms in total. The van der Waals surface area contributed by atoms with Crippen molar-refractivity contribution in [1.82, 2.24) is 9.55 Å². The number of rotatable bonds is 6. The van der Waals surface area contributed by atoms with Crippen molar-refractivity contribution in [2.24, 2.45) is 0 Å². The molecule has 0 amide bonds. The van der Waals surface area contributed by atoms with E-state index >= 15 is 0 Å². The summed E-state index contributed by atoms with van der Waals surface area (Å²) in [7, 11) is 0. The van der Waals surface area contributed by atoms with Crippen LogP contribution in [0.3, 0.4) is 0 Å². The average Bonchev–Trinajstić information content (AvgIpc) is 3.43. The van der Waals surface area contributed by atoms with E-state index in [1.807, 2.05) is 108 Å². The van der Waals surface area contributed by atoms with Crippen molar-refractivity contribution in [3.63, 3.8) is 0 Å². The maximum atomic E-state index is 10.5. The van der Waals surface area contributed by atoms with Gasteiger partial charge in [0, 0.05) is 11.3 Å². The van der Waals surface area contributed by atoms with Crippen molar-refractivity contribution in [3.8, 4) is 28.4 Å². The van der Waals surface area contributed by atoms with Crippen LogP contribution < -0.4 is 9.47 Å². The molecule has 5 aromatic carbocycles. The van der Waals surface area contributed by atoms with Crippen LogP contribution in [-0.4, -0.2) is 14.7 Å². The third-order valence-electron chi connectivity index (χ3n) is 6.98. The van der Waals surface area contributed by atoms with E-state index in [4.69, 9.17) is 4.98 Å². The van der Waals surface area contributed by atoms with Gasteiger partial charge in [-0.05, 0) is 54.2 Å². The second-order valence-electron chi connectivity index (χ2n) is 9.59. The third-order valence-corrected chi connectivity index (χ3v) is 6.98. The molecule has 0 fully saturated rings. The van der Waals surface area contributed by atoms with Crippen molar-refractivity contribution in [2.75, 3.05) is 4.90 Å². The fourth-order valence-electron chi connectivity index (χ4n) is 5.07. The first kappa shape index (κ1) is 27.2. The standard InChI is InChI=1S/C36H25N4O.Pt/c41-35-23-10-7-19-31(35)32-20-12-24-36(37-32)40(28-15-5-2-6-16-28)30-18-11-17-29(25-30)39-26-38(27-13-3-1-4-14-27)33-21-8-9-22-34(33)39;/h1-24,41H;/q-1;+2. The van der Waals surface area contributed by atoms with Crippen molar-refractivity contribution in [3.05, 3.63) is 158 Å². The van der Waals surface area contributed by atoms with Gasteiger partial charge in [-0.1, -0.05) is 84.6 Å². The van der Waals surface area contributed by atoms with Crippen LogP contribution in [0.15, 0.2) is 146 Å². The molecule has 0 saturated heterocycles. The van der Waals surface area contributed by atoms with Gasteiger partial charge in [-0.25, -0.2) is 4.98 Å². The molecule has 2 heterocycles. The van der Waals surface area contributed by atoms with E-state index in [2.05, 4.69) is 58.3 Å². The molecule has 0 saturated carbocycles. The fourth-order valence-corrected chi connectivity index (χ4v) is 5.07. The molecule has 0 aliphatic carbocycles. The molecule has 0 radical (unpaired) electrons. The van der Waals surface area contributed by atoms with Gasteiger partial charge in [0.1, 0.15) is 11.6 Å². The van der Waals surface area contributed by atoms with Gasteiger partial charge < -0.3 is 14.6 Å². The summed E-state index contributed by atoms with van der Waals surface area (Å²) < 4.78 is 4.11. The zero-order valence-corrected chi connectivity index (χ0v) is 24.7. The zero-order chi connectivity index (χ0) is 27.6. The quantitative estimate of drug-likeness (QED) is 0.141. The van der Waals surface area contributed by atoms with Crippen LogP contribution in [0.1, 0.15) is 0 Å². The second-order valence-corrected chi connectivity index (χ2v) is 9.59. The first-order chi connectivity index (χ1) is 20.3. The third kappa shape index (κ3) is 5.11. The van der Waals surface area contributed by atoms with E-state index < -0.39 is 0 Å². The van der Waals surface area contributed by atoms with Crippen LogP contribution in [0.5, 0.6) is 5.75 Å². The fraction of sp³-hybridized carbons (Fsp3) is 0. The van der Waals surface area contributed by atoms with Gasteiger partial charge in [0.25, 0.3) is 6.33 Å². The number of imidazole rings is 1. The second kappa shape index (κ2) is 11.9. The van der Waals surface area contributed by atoms with E-state index in [9.17, 15) is 5.11 Å². The number of hydrogen-bond acceptors (Lipinski definition) is 3. The van der Waals surface area contributed by atoms with Crippen LogP contribution in [0, 0.1) is 12.4 Å². The summed E-state index contributed by atoms with van der Waals surface area (Å²) in [6.45, 7) is 0. The van der Waals surface area contributed by atoms with E-state index in [1.165, 1.54) is 0 Å². The Morgan fingerprint density at radius 1 is 0.667 bits per heavy atom. The number of aromatic hydroxyl groups is 1. The molecule has 1 N–H and O–H groups in total. The summed E-state index contributed by atoms with van der Waals surface area (Å²) in [5, 5.41) is 10.5. The molecule has 204 valence electrons. The minimum absolute atomic E-state index is 0. The number of aromatic nitrogens is 3. The summed E-state index contributed by atoms with van der Waals surface area (Å²) in [6, 6.07) is 51.4. The molecular formula is C36H25N4OPt+. The van der Waals surface area contributed by atoms with Gasteiger partial charge in [-0.3, -0.25) is 4.57 Å². The molecule has 0 aliphatic heterocycles. The van der Waals surface area contributed by atoms with Gasteiger partial charge in [0.15, 0.2) is 0 Å². The van der Waals surface area contributed by atoms with Crippen LogP contribution in [-0.2, 0) is 21.1 Å². The minimum atomic E-state index is 0. The topological polar surface area (TPSA) is 45.2 Å². The molecule has 0 aliphatic rings. The predicted octanol–water partition coefficient (Wildman–Crippen LogP) is 7.74. The smallest absolute Gasteiger partial charge is 0.507 e. The molecular weight excluding hydrogens is 700 g/mol. The summed E-state index contributed by atoms with van der Waals surface area (Å²) in [4.78, 5) is 7.05. The minimum Gasteiger partial charge on any atom is -0.507 e. The van der Waals surface area contributed by atoms with Crippen molar-refractivity contribution in [2.45, 2.75) is 0 Å². The molecule has 0 spiro atoms. The number of nitrogens with zero attached hydrogens (tertiary/aromatic N) is 4. The van der Waals surface area contributed by atoms with E-state index in [-0.39, 0.29) is 26.8 Å². The summed E-state index contributed by atoms with van der Waals surface area (Å²) in [5.41, 5.74) is 7.10. The van der Waals surface area contributed by atoms with E-state index in [1.54, 1.807) is 6.07 Å². The number of phenolic OH excluding ortho intramolecular Hbond substituents is 1. The Bertz CT molecular complexity index is 1970. The number of pyridine rings is 1. The molecule has 42 heavy (non-hydrogen) atoms. The van der Waals surface area contributed by atoms with Crippen LogP contribution >= 0.6 is 0 Å². The maximum Gasteiger partial charge on any atom is 2.00 e. The SMILES string of the molecule is Oc1ccccc1-c1cccc(N(c2[c-]c(-n3[c-][n+](-c4ccccc4)c4ccccc43)ccc2)c2ccccc2)n1.[Pt+2]. The Balaban J connectivity index is 0.00000316. The van der Waals surface area contributed by atoms with Gasteiger partial charge in [0.2, 0.25) is 0 Å².